The molecule has 14 heavy (non-hydrogen) atoms. The van der Waals surface area contributed by atoms with Crippen LogP contribution in [0.15, 0.2) is 30.5 Å². The third kappa shape index (κ3) is 1.27. The molecule has 0 unspecified atom stereocenters. The number of nitrogens with zero attached hydrogens (tertiary/aromatic N) is 2. The van der Waals surface area contributed by atoms with Crippen LogP contribution in [0.25, 0.3) is 10.9 Å². The topological polar surface area (TPSA) is 42.2 Å². The molecule has 72 valence electrons. The summed E-state index contributed by atoms with van der Waals surface area (Å²) in [6.07, 6.45) is 1.79. The van der Waals surface area contributed by atoms with E-state index in [0.717, 1.165) is 22.3 Å². The molecule has 0 aliphatic carbocycles. The van der Waals surface area contributed by atoms with Crippen LogP contribution in [0.4, 0.5) is 11.4 Å². The molecule has 3 nitrogen and oxygen atoms in total. The lowest BCUT2D eigenvalue weighted by molar-refractivity contribution is 1.14. The first-order valence-electron chi connectivity index (χ1n) is 4.50. The number of fused-ring (bicyclic) bond motifs is 1. The van der Waals surface area contributed by atoms with Gasteiger partial charge in [0.15, 0.2) is 0 Å². The van der Waals surface area contributed by atoms with Gasteiger partial charge >= 0.3 is 0 Å². The number of rotatable bonds is 1. The van der Waals surface area contributed by atoms with Gasteiger partial charge in [-0.15, -0.1) is 0 Å². The maximum absolute atomic E-state index is 5.84. The van der Waals surface area contributed by atoms with Crippen molar-refractivity contribution in [1.29, 1.82) is 0 Å². The Kier molecular flexibility index (Phi) is 2.00. The fourth-order valence-corrected chi connectivity index (χ4v) is 1.57. The van der Waals surface area contributed by atoms with Crippen LogP contribution >= 0.6 is 0 Å². The van der Waals surface area contributed by atoms with Crippen molar-refractivity contribution in [3.05, 3.63) is 30.5 Å². The minimum Gasteiger partial charge on any atom is -0.397 e. The van der Waals surface area contributed by atoms with Gasteiger partial charge in [-0.1, -0.05) is 12.1 Å². The molecule has 1 aromatic carbocycles. The number of para-hydroxylation sites is 1. The first kappa shape index (κ1) is 8.81. The van der Waals surface area contributed by atoms with Crippen LogP contribution in [0, 0.1) is 0 Å². The van der Waals surface area contributed by atoms with Gasteiger partial charge in [-0.3, -0.25) is 4.98 Å². The number of hydrogen-bond donors (Lipinski definition) is 1. The van der Waals surface area contributed by atoms with Gasteiger partial charge in [0.1, 0.15) is 0 Å². The first-order valence-corrected chi connectivity index (χ1v) is 4.50. The highest BCUT2D eigenvalue weighted by molar-refractivity contribution is 5.97. The van der Waals surface area contributed by atoms with E-state index in [1.54, 1.807) is 6.20 Å². The largest absolute Gasteiger partial charge is 0.397 e. The van der Waals surface area contributed by atoms with Crippen molar-refractivity contribution in [3.8, 4) is 0 Å². The molecule has 3 heteroatoms. The zero-order chi connectivity index (χ0) is 10.1. The Balaban J connectivity index is 2.81. The van der Waals surface area contributed by atoms with Gasteiger partial charge in [-0.25, -0.2) is 0 Å². The molecule has 0 radical (unpaired) electrons. The van der Waals surface area contributed by atoms with Gasteiger partial charge in [-0.05, 0) is 12.1 Å². The molecular weight excluding hydrogens is 174 g/mol. The number of benzene rings is 1. The molecule has 0 spiro atoms. The molecule has 0 saturated carbocycles. The zero-order valence-corrected chi connectivity index (χ0v) is 8.36. The summed E-state index contributed by atoms with van der Waals surface area (Å²) in [6, 6.07) is 7.84. The molecule has 2 rings (SSSR count). The van der Waals surface area contributed by atoms with E-state index in [2.05, 4.69) is 9.88 Å². The van der Waals surface area contributed by atoms with E-state index in [1.807, 2.05) is 38.4 Å². The Morgan fingerprint density at radius 1 is 1.21 bits per heavy atom. The lowest BCUT2D eigenvalue weighted by Gasteiger charge is -2.15. The minimum absolute atomic E-state index is 0.728. The van der Waals surface area contributed by atoms with Crippen LogP contribution in [0.3, 0.4) is 0 Å². The van der Waals surface area contributed by atoms with Crippen LogP contribution in [-0.4, -0.2) is 19.1 Å². The Bertz CT molecular complexity index is 463. The highest BCUT2D eigenvalue weighted by atomic mass is 15.1. The van der Waals surface area contributed by atoms with Crippen molar-refractivity contribution >= 4 is 22.3 Å². The summed E-state index contributed by atoms with van der Waals surface area (Å²) in [4.78, 5) is 6.33. The standard InChI is InChI=1S/C11H13N3/c1-14(2)10-6-7-13-11-8(10)4-3-5-9(11)12/h3-7H,12H2,1-2H3. The summed E-state index contributed by atoms with van der Waals surface area (Å²) in [5, 5.41) is 1.09. The van der Waals surface area contributed by atoms with E-state index in [1.165, 1.54) is 0 Å². The van der Waals surface area contributed by atoms with E-state index in [4.69, 9.17) is 5.73 Å². The summed E-state index contributed by atoms with van der Waals surface area (Å²) in [5.74, 6) is 0. The third-order valence-electron chi connectivity index (χ3n) is 2.26. The number of nitrogen functional groups attached to an aromatic ring is 1. The number of anilines is 2. The monoisotopic (exact) mass is 187 g/mol. The zero-order valence-electron chi connectivity index (χ0n) is 8.36. The molecule has 0 aliphatic rings. The molecule has 1 heterocycles. The molecule has 0 saturated heterocycles. The lowest BCUT2D eigenvalue weighted by atomic mass is 10.1. The third-order valence-corrected chi connectivity index (χ3v) is 2.26. The second-order valence-corrected chi connectivity index (χ2v) is 3.47. The predicted octanol–water partition coefficient (Wildman–Crippen LogP) is 1.88. The number of hydrogen-bond acceptors (Lipinski definition) is 3. The predicted molar refractivity (Wildman–Crippen MR) is 60.5 cm³/mol. The first-order chi connectivity index (χ1) is 6.70. The molecule has 1 aromatic heterocycles. The summed E-state index contributed by atoms with van der Waals surface area (Å²) >= 11 is 0. The second kappa shape index (κ2) is 3.18. The summed E-state index contributed by atoms with van der Waals surface area (Å²) in [7, 11) is 4.02. The fourth-order valence-electron chi connectivity index (χ4n) is 1.57. The van der Waals surface area contributed by atoms with Crippen molar-refractivity contribution in [3.63, 3.8) is 0 Å². The van der Waals surface area contributed by atoms with Gasteiger partial charge in [-0.2, -0.15) is 0 Å². The van der Waals surface area contributed by atoms with E-state index in [-0.39, 0.29) is 0 Å². The highest BCUT2D eigenvalue weighted by Crippen LogP contribution is 2.26. The second-order valence-electron chi connectivity index (χ2n) is 3.47. The summed E-state index contributed by atoms with van der Waals surface area (Å²) in [6.45, 7) is 0. The van der Waals surface area contributed by atoms with Crippen molar-refractivity contribution in [2.24, 2.45) is 0 Å². The molecule has 2 aromatic rings. The van der Waals surface area contributed by atoms with Crippen LogP contribution in [0.1, 0.15) is 0 Å². The smallest absolute Gasteiger partial charge is 0.0951 e. The van der Waals surface area contributed by atoms with Crippen molar-refractivity contribution in [2.75, 3.05) is 24.7 Å². The van der Waals surface area contributed by atoms with Crippen LogP contribution in [0.5, 0.6) is 0 Å². The van der Waals surface area contributed by atoms with Gasteiger partial charge in [0.2, 0.25) is 0 Å². The van der Waals surface area contributed by atoms with E-state index < -0.39 is 0 Å². The highest BCUT2D eigenvalue weighted by Gasteiger charge is 2.04. The van der Waals surface area contributed by atoms with Gasteiger partial charge in [0, 0.05) is 31.4 Å². The maximum Gasteiger partial charge on any atom is 0.0951 e. The van der Waals surface area contributed by atoms with Crippen LogP contribution in [-0.2, 0) is 0 Å². The number of nitrogens with two attached hydrogens (primary N) is 1. The average Bonchev–Trinajstić information content (AvgIpc) is 2.17. The average molecular weight is 187 g/mol. The van der Waals surface area contributed by atoms with Crippen LogP contribution in [0.2, 0.25) is 0 Å². The summed E-state index contributed by atoms with van der Waals surface area (Å²) < 4.78 is 0. The molecule has 0 atom stereocenters. The van der Waals surface area contributed by atoms with Crippen molar-refractivity contribution in [1.82, 2.24) is 4.98 Å². The fraction of sp³-hybridized carbons (Fsp3) is 0.182. The van der Waals surface area contributed by atoms with Gasteiger partial charge in [0.25, 0.3) is 0 Å². The van der Waals surface area contributed by atoms with Crippen LogP contribution < -0.4 is 10.6 Å². The van der Waals surface area contributed by atoms with Crippen molar-refractivity contribution < 1.29 is 0 Å². The summed E-state index contributed by atoms with van der Waals surface area (Å²) in [5.41, 5.74) is 8.59. The Hall–Kier alpha value is -1.77. The SMILES string of the molecule is CN(C)c1ccnc2c(N)cccc12. The molecule has 0 fully saturated rings. The Morgan fingerprint density at radius 3 is 2.71 bits per heavy atom. The minimum atomic E-state index is 0.728. The Labute approximate surface area is 83.2 Å². The Morgan fingerprint density at radius 2 is 2.00 bits per heavy atom. The van der Waals surface area contributed by atoms with E-state index >= 15 is 0 Å². The molecule has 2 N–H and O–H groups in total. The quantitative estimate of drug-likeness (QED) is 0.693. The molecule has 0 aliphatic heterocycles. The molecule has 0 bridgehead atoms. The number of pyridine rings is 1. The van der Waals surface area contributed by atoms with Gasteiger partial charge < -0.3 is 10.6 Å². The normalized spacial score (nSPS) is 10.4. The van der Waals surface area contributed by atoms with Crippen molar-refractivity contribution in [2.45, 2.75) is 0 Å². The van der Waals surface area contributed by atoms with E-state index in [9.17, 15) is 0 Å². The molecule has 0 amide bonds. The lowest BCUT2D eigenvalue weighted by Crippen LogP contribution is -2.09. The van der Waals surface area contributed by atoms with E-state index in [0.29, 0.717) is 0 Å². The number of aromatic nitrogens is 1. The van der Waals surface area contributed by atoms with Gasteiger partial charge in [0.05, 0.1) is 11.2 Å². The molecular formula is C11H13N3. The maximum atomic E-state index is 5.84.